The lowest BCUT2D eigenvalue weighted by Gasteiger charge is -2.27. The minimum absolute atomic E-state index is 0.0460. The highest BCUT2D eigenvalue weighted by Gasteiger charge is 2.19. The molecule has 0 spiro atoms. The molecule has 3 N–H and O–H groups in total. The van der Waals surface area contributed by atoms with E-state index in [4.69, 9.17) is 17.0 Å². The summed E-state index contributed by atoms with van der Waals surface area (Å²) in [5.41, 5.74) is 3.90. The summed E-state index contributed by atoms with van der Waals surface area (Å²) in [6, 6.07) is 6.17. The van der Waals surface area contributed by atoms with Crippen molar-refractivity contribution in [3.8, 4) is 0 Å². The molecule has 1 fully saturated rings. The van der Waals surface area contributed by atoms with Crippen LogP contribution in [0.3, 0.4) is 0 Å². The summed E-state index contributed by atoms with van der Waals surface area (Å²) >= 11 is 5.68. The van der Waals surface area contributed by atoms with Crippen molar-refractivity contribution in [2.75, 3.05) is 40.3 Å². The van der Waals surface area contributed by atoms with E-state index in [1.165, 1.54) is 10.5 Å². The normalized spacial score (nSPS) is 16.5. The molecule has 0 bridgehead atoms. The zero-order valence-corrected chi connectivity index (χ0v) is 18.7. The summed E-state index contributed by atoms with van der Waals surface area (Å²) in [7, 11) is 4.24. The Morgan fingerprint density at radius 2 is 2.17 bits per heavy atom. The van der Waals surface area contributed by atoms with Gasteiger partial charge in [0.1, 0.15) is 0 Å². The number of aromatic nitrogens is 1. The fraction of sp³-hybridized carbons (Fsp3) is 0.545. The van der Waals surface area contributed by atoms with Crippen molar-refractivity contribution >= 4 is 28.2 Å². The molecule has 0 unspecified atom stereocenters. The van der Waals surface area contributed by atoms with E-state index in [-0.39, 0.29) is 11.7 Å². The van der Waals surface area contributed by atoms with Crippen molar-refractivity contribution in [3.05, 3.63) is 45.2 Å². The topological polar surface area (TPSA) is 61.8 Å². The lowest BCUT2D eigenvalue weighted by atomic mass is 10.0. The zero-order chi connectivity index (χ0) is 21.0. The minimum atomic E-state index is -0.0460. The molecule has 3 rings (SSSR count). The molecular weight excluding hydrogens is 384 g/mol. The largest absolute Gasteiger partial charge is 0.376 e. The third-order valence-electron chi connectivity index (χ3n) is 5.66. The number of benzene rings is 1. The van der Waals surface area contributed by atoms with Gasteiger partial charge in [0.15, 0.2) is 5.11 Å². The molecule has 1 aliphatic rings. The molecular formula is C22H33N4O2S+. The number of thiocarbonyl (C=S) groups is 1. The van der Waals surface area contributed by atoms with Gasteiger partial charge in [0.05, 0.1) is 45.4 Å². The van der Waals surface area contributed by atoms with Gasteiger partial charge in [0, 0.05) is 18.7 Å². The SMILES string of the molecule is Cc1ccc2cc(CN(CC[NH+](C)C)C(=S)NC[C@@H]3CCCO3)c(=O)[nH]c2c1C. The van der Waals surface area contributed by atoms with Crippen molar-refractivity contribution in [2.45, 2.75) is 39.3 Å². The average Bonchev–Trinajstić information content (AvgIpc) is 3.20. The molecule has 0 radical (unpaired) electrons. The van der Waals surface area contributed by atoms with Crippen LogP contribution in [-0.4, -0.2) is 61.4 Å². The Bertz CT molecular complexity index is 919. The van der Waals surface area contributed by atoms with Crippen molar-refractivity contribution in [1.82, 2.24) is 15.2 Å². The number of aromatic amines is 1. The fourth-order valence-electron chi connectivity index (χ4n) is 3.62. The standard InChI is InChI=1S/C22H32N4O2S/c1-15-7-8-17-12-18(21(27)24-20(17)16(15)2)14-26(10-9-25(3)4)22(29)23-13-19-6-5-11-28-19/h7-8,12,19H,5-6,9-11,13-14H2,1-4H3,(H,23,29)(H,24,27)/p+1/t19-/m0/s1. The monoisotopic (exact) mass is 417 g/mol. The number of likely N-dealkylation sites (N-methyl/N-ethyl adjacent to an activating group) is 1. The van der Waals surface area contributed by atoms with Crippen molar-refractivity contribution in [3.63, 3.8) is 0 Å². The Balaban J connectivity index is 1.78. The van der Waals surface area contributed by atoms with Gasteiger partial charge in [-0.2, -0.15) is 0 Å². The predicted octanol–water partition coefficient (Wildman–Crippen LogP) is 1.14. The number of ether oxygens (including phenoxy) is 1. The third kappa shape index (κ3) is 5.56. The van der Waals surface area contributed by atoms with Crippen LogP contribution in [0, 0.1) is 13.8 Å². The van der Waals surface area contributed by atoms with E-state index in [9.17, 15) is 4.79 Å². The molecule has 6 nitrogen and oxygen atoms in total. The van der Waals surface area contributed by atoms with Crippen LogP contribution in [0.25, 0.3) is 10.9 Å². The number of H-pyrrole nitrogens is 1. The highest BCUT2D eigenvalue weighted by molar-refractivity contribution is 7.80. The summed E-state index contributed by atoms with van der Waals surface area (Å²) in [6.45, 7) is 7.86. The van der Waals surface area contributed by atoms with E-state index in [1.807, 2.05) is 13.0 Å². The summed E-state index contributed by atoms with van der Waals surface area (Å²) in [4.78, 5) is 19.3. The maximum Gasteiger partial charge on any atom is 0.253 e. The Hall–Kier alpha value is -1.96. The maximum absolute atomic E-state index is 12.8. The highest BCUT2D eigenvalue weighted by Crippen LogP contribution is 2.19. The van der Waals surface area contributed by atoms with E-state index in [2.05, 4.69) is 48.4 Å². The average molecular weight is 418 g/mol. The van der Waals surface area contributed by atoms with Crippen LogP contribution in [0.2, 0.25) is 0 Å². The number of rotatable bonds is 7. The van der Waals surface area contributed by atoms with Crippen LogP contribution in [0.4, 0.5) is 0 Å². The molecule has 158 valence electrons. The van der Waals surface area contributed by atoms with Gasteiger partial charge in [-0.1, -0.05) is 12.1 Å². The number of quaternary nitrogens is 1. The number of nitrogens with zero attached hydrogens (tertiary/aromatic N) is 1. The van der Waals surface area contributed by atoms with Gasteiger partial charge in [-0.25, -0.2) is 0 Å². The van der Waals surface area contributed by atoms with Gasteiger partial charge in [-0.15, -0.1) is 0 Å². The van der Waals surface area contributed by atoms with Gasteiger partial charge in [0.25, 0.3) is 5.56 Å². The lowest BCUT2D eigenvalue weighted by molar-refractivity contribution is -0.857. The molecule has 0 amide bonds. The van der Waals surface area contributed by atoms with Crippen LogP contribution in [0.1, 0.15) is 29.5 Å². The van der Waals surface area contributed by atoms with Crippen LogP contribution in [0.5, 0.6) is 0 Å². The van der Waals surface area contributed by atoms with Crippen molar-refractivity contribution in [2.24, 2.45) is 0 Å². The Kier molecular flexibility index (Phi) is 7.27. The second-order valence-corrected chi connectivity index (χ2v) is 8.68. The molecule has 1 saturated heterocycles. The highest BCUT2D eigenvalue weighted by atomic mass is 32.1. The van der Waals surface area contributed by atoms with Crippen LogP contribution in [0.15, 0.2) is 23.0 Å². The van der Waals surface area contributed by atoms with Gasteiger partial charge < -0.3 is 24.8 Å². The van der Waals surface area contributed by atoms with E-state index >= 15 is 0 Å². The lowest BCUT2D eigenvalue weighted by Crippen LogP contribution is -3.06. The number of hydrogen-bond donors (Lipinski definition) is 3. The number of fused-ring (bicyclic) bond motifs is 1. The smallest absolute Gasteiger partial charge is 0.253 e. The quantitative estimate of drug-likeness (QED) is 0.590. The van der Waals surface area contributed by atoms with Gasteiger partial charge in [-0.05, 0) is 61.5 Å². The first kappa shape index (κ1) is 21.7. The van der Waals surface area contributed by atoms with Crippen LogP contribution >= 0.6 is 12.2 Å². The number of nitrogens with one attached hydrogen (secondary N) is 3. The molecule has 7 heteroatoms. The third-order valence-corrected chi connectivity index (χ3v) is 6.07. The van der Waals surface area contributed by atoms with Gasteiger partial charge in [0.2, 0.25) is 0 Å². The second kappa shape index (κ2) is 9.69. The van der Waals surface area contributed by atoms with Gasteiger partial charge >= 0.3 is 0 Å². The van der Waals surface area contributed by atoms with E-state index in [0.29, 0.717) is 11.7 Å². The molecule has 29 heavy (non-hydrogen) atoms. The molecule has 1 aliphatic heterocycles. The minimum Gasteiger partial charge on any atom is -0.376 e. The molecule has 2 aromatic rings. The Labute approximate surface area is 178 Å². The van der Waals surface area contributed by atoms with E-state index in [1.54, 1.807) is 0 Å². The number of pyridine rings is 1. The van der Waals surface area contributed by atoms with Gasteiger partial charge in [-0.3, -0.25) is 4.79 Å². The number of hydrogen-bond acceptors (Lipinski definition) is 3. The predicted molar refractivity (Wildman–Crippen MR) is 122 cm³/mol. The summed E-state index contributed by atoms with van der Waals surface area (Å²) in [5.74, 6) is 0. The van der Waals surface area contributed by atoms with Crippen molar-refractivity contribution in [1.29, 1.82) is 0 Å². The Morgan fingerprint density at radius 1 is 1.38 bits per heavy atom. The molecule has 0 aliphatic carbocycles. The first-order valence-electron chi connectivity index (χ1n) is 10.4. The summed E-state index contributed by atoms with van der Waals surface area (Å²) in [5, 5.41) is 5.09. The molecule has 2 heterocycles. The van der Waals surface area contributed by atoms with Crippen LogP contribution < -0.4 is 15.8 Å². The number of aryl methyl sites for hydroxylation is 2. The van der Waals surface area contributed by atoms with Crippen LogP contribution in [-0.2, 0) is 11.3 Å². The fourth-order valence-corrected chi connectivity index (χ4v) is 3.86. The summed E-state index contributed by atoms with van der Waals surface area (Å²) in [6.07, 6.45) is 2.41. The molecule has 1 atom stereocenters. The molecule has 0 saturated carbocycles. The molecule has 1 aromatic heterocycles. The second-order valence-electron chi connectivity index (χ2n) is 8.30. The Morgan fingerprint density at radius 3 is 2.86 bits per heavy atom. The van der Waals surface area contributed by atoms with Crippen molar-refractivity contribution < 1.29 is 9.64 Å². The maximum atomic E-state index is 12.8. The first-order valence-corrected chi connectivity index (χ1v) is 10.8. The van der Waals surface area contributed by atoms with E-state index in [0.717, 1.165) is 61.1 Å². The zero-order valence-electron chi connectivity index (χ0n) is 17.9. The summed E-state index contributed by atoms with van der Waals surface area (Å²) < 4.78 is 5.69. The molecule has 1 aromatic carbocycles. The first-order chi connectivity index (χ1) is 13.8. The van der Waals surface area contributed by atoms with E-state index < -0.39 is 0 Å².